The second-order valence-corrected chi connectivity index (χ2v) is 10.9. The van der Waals surface area contributed by atoms with Crippen LogP contribution in [-0.2, 0) is 11.4 Å². The minimum absolute atomic E-state index is 0.0322. The summed E-state index contributed by atoms with van der Waals surface area (Å²) in [5.74, 6) is 0.232. The summed E-state index contributed by atoms with van der Waals surface area (Å²) in [4.78, 5) is 12.6. The van der Waals surface area contributed by atoms with Gasteiger partial charge < -0.3 is 10.1 Å². The first-order valence-corrected chi connectivity index (χ1v) is 13.0. The van der Waals surface area contributed by atoms with E-state index in [9.17, 15) is 10.1 Å². The molecule has 0 aliphatic heterocycles. The molecule has 1 amide bonds. The Morgan fingerprint density at radius 3 is 2.25 bits per heavy atom. The van der Waals surface area contributed by atoms with Crippen LogP contribution in [-0.4, -0.2) is 5.91 Å². The number of ether oxygens (including phenoxy) is 1. The summed E-state index contributed by atoms with van der Waals surface area (Å²) in [6.07, 6.45) is 1.54. The number of amides is 1. The lowest BCUT2D eigenvalue weighted by Gasteiger charge is -2.12. The fourth-order valence-corrected chi connectivity index (χ4v) is 5.41. The molecule has 0 heterocycles. The van der Waals surface area contributed by atoms with Crippen molar-refractivity contribution in [2.24, 2.45) is 0 Å². The van der Waals surface area contributed by atoms with Crippen molar-refractivity contribution in [1.82, 2.24) is 0 Å². The first kappa shape index (κ1) is 25.6. The van der Waals surface area contributed by atoms with Gasteiger partial charge in [0.2, 0.25) is 0 Å². The monoisotopic (exact) mass is 800 g/mol. The molecular formula is C23H13Cl2I3N2O2. The molecule has 0 spiro atoms. The van der Waals surface area contributed by atoms with Gasteiger partial charge in [0.05, 0.1) is 17.2 Å². The van der Waals surface area contributed by atoms with Crippen LogP contribution in [0.2, 0.25) is 10.0 Å². The topological polar surface area (TPSA) is 62.1 Å². The van der Waals surface area contributed by atoms with E-state index in [-0.39, 0.29) is 5.57 Å². The fourth-order valence-electron chi connectivity index (χ4n) is 2.62. The van der Waals surface area contributed by atoms with E-state index in [2.05, 4.69) is 73.1 Å². The molecule has 4 nitrogen and oxygen atoms in total. The first-order chi connectivity index (χ1) is 15.3. The molecule has 0 aliphatic carbocycles. The van der Waals surface area contributed by atoms with Crippen LogP contribution < -0.4 is 10.1 Å². The molecule has 0 saturated heterocycles. The van der Waals surface area contributed by atoms with Crippen molar-refractivity contribution in [3.05, 3.63) is 92.1 Å². The quantitative estimate of drug-likeness (QED) is 0.157. The highest BCUT2D eigenvalue weighted by atomic mass is 127. The number of nitrogens with one attached hydrogen (secondary N) is 1. The van der Waals surface area contributed by atoms with E-state index in [0.29, 0.717) is 22.3 Å². The van der Waals surface area contributed by atoms with Gasteiger partial charge in [0.15, 0.2) is 0 Å². The number of carbonyl (C=O) groups is 1. The molecule has 3 aromatic carbocycles. The molecule has 0 aliphatic rings. The minimum Gasteiger partial charge on any atom is -0.487 e. The molecule has 1 N–H and O–H groups in total. The number of rotatable bonds is 6. The van der Waals surface area contributed by atoms with Gasteiger partial charge in [0.1, 0.15) is 24.0 Å². The molecule has 3 aromatic rings. The number of halogens is 5. The highest BCUT2D eigenvalue weighted by molar-refractivity contribution is 14.1. The molecule has 0 fully saturated rings. The molecule has 9 heteroatoms. The summed E-state index contributed by atoms with van der Waals surface area (Å²) >= 11 is 18.5. The van der Waals surface area contributed by atoms with Crippen LogP contribution in [0.5, 0.6) is 5.75 Å². The predicted octanol–water partition coefficient (Wildman–Crippen LogP) is 7.93. The maximum Gasteiger partial charge on any atom is 0.266 e. The SMILES string of the molecule is N#C/C(=C\c1cc(I)c(OCc2ccc(I)cc2)c(I)c1)C(=O)Nc1ccc(Cl)c(Cl)c1. The molecule has 0 aromatic heterocycles. The van der Waals surface area contributed by atoms with Gasteiger partial charge in [0, 0.05) is 9.26 Å². The Labute approximate surface area is 236 Å². The van der Waals surface area contributed by atoms with E-state index in [1.807, 2.05) is 42.5 Å². The number of hydrogen-bond acceptors (Lipinski definition) is 3. The third-order valence-electron chi connectivity index (χ3n) is 4.17. The van der Waals surface area contributed by atoms with Crippen LogP contribution in [0.15, 0.2) is 60.2 Å². The number of nitriles is 1. The van der Waals surface area contributed by atoms with Gasteiger partial charge in [-0.25, -0.2) is 0 Å². The molecule has 0 radical (unpaired) electrons. The molecule has 0 atom stereocenters. The van der Waals surface area contributed by atoms with E-state index in [0.717, 1.165) is 24.0 Å². The number of hydrogen-bond donors (Lipinski definition) is 1. The highest BCUT2D eigenvalue weighted by Crippen LogP contribution is 2.31. The second kappa shape index (κ2) is 11.9. The zero-order valence-electron chi connectivity index (χ0n) is 16.1. The largest absolute Gasteiger partial charge is 0.487 e. The highest BCUT2D eigenvalue weighted by Gasteiger charge is 2.13. The van der Waals surface area contributed by atoms with E-state index >= 15 is 0 Å². The molecular weight excluding hydrogens is 788 g/mol. The Balaban J connectivity index is 1.77. The number of carbonyl (C=O) groups excluding carboxylic acids is 1. The Morgan fingerprint density at radius 2 is 1.66 bits per heavy atom. The Hall–Kier alpha value is -1.07. The van der Waals surface area contributed by atoms with Crippen LogP contribution in [0.3, 0.4) is 0 Å². The van der Waals surface area contributed by atoms with Crippen LogP contribution in [0.25, 0.3) is 6.08 Å². The lowest BCUT2D eigenvalue weighted by atomic mass is 10.1. The number of nitrogens with zero attached hydrogens (tertiary/aromatic N) is 1. The van der Waals surface area contributed by atoms with Crippen molar-refractivity contribution in [3.63, 3.8) is 0 Å². The molecule has 162 valence electrons. The zero-order chi connectivity index (χ0) is 23.3. The maximum absolute atomic E-state index is 12.6. The summed E-state index contributed by atoms with van der Waals surface area (Å²) in [5.41, 5.74) is 2.22. The third kappa shape index (κ3) is 6.96. The van der Waals surface area contributed by atoms with Crippen LogP contribution in [0.4, 0.5) is 5.69 Å². The van der Waals surface area contributed by atoms with Gasteiger partial charge >= 0.3 is 0 Å². The molecule has 0 bridgehead atoms. The van der Waals surface area contributed by atoms with E-state index < -0.39 is 5.91 Å². The van der Waals surface area contributed by atoms with Crippen molar-refractivity contribution in [1.29, 1.82) is 5.26 Å². The molecule has 32 heavy (non-hydrogen) atoms. The Kier molecular flexibility index (Phi) is 9.48. The summed E-state index contributed by atoms with van der Waals surface area (Å²) in [6.45, 7) is 0.452. The van der Waals surface area contributed by atoms with E-state index in [1.165, 1.54) is 9.64 Å². The standard InChI is InChI=1S/C23H13Cl2I3N2O2/c24-18-6-5-17(10-19(18)25)30-23(31)15(11-29)7-14-8-20(27)22(21(28)9-14)32-12-13-1-3-16(26)4-2-13/h1-10H,12H2,(H,30,31)/b15-7+. The van der Waals surface area contributed by atoms with E-state index in [1.54, 1.807) is 18.2 Å². The Bertz CT molecular complexity index is 1220. The first-order valence-electron chi connectivity index (χ1n) is 9.01. The zero-order valence-corrected chi connectivity index (χ0v) is 24.1. The lowest BCUT2D eigenvalue weighted by Crippen LogP contribution is -2.13. The van der Waals surface area contributed by atoms with Crippen molar-refractivity contribution in [2.45, 2.75) is 6.61 Å². The summed E-state index contributed by atoms with van der Waals surface area (Å²) < 4.78 is 8.96. The van der Waals surface area contributed by atoms with Crippen molar-refractivity contribution in [2.75, 3.05) is 5.32 Å². The normalized spacial score (nSPS) is 11.1. The summed E-state index contributed by atoms with van der Waals surface area (Å²) in [7, 11) is 0. The van der Waals surface area contributed by atoms with Gasteiger partial charge in [-0.15, -0.1) is 0 Å². The number of benzene rings is 3. The van der Waals surface area contributed by atoms with Gasteiger partial charge in [-0.1, -0.05) is 35.3 Å². The summed E-state index contributed by atoms with van der Waals surface area (Å²) in [5, 5.41) is 12.9. The molecule has 3 rings (SSSR count). The average Bonchev–Trinajstić information content (AvgIpc) is 2.75. The van der Waals surface area contributed by atoms with Gasteiger partial charge in [-0.2, -0.15) is 5.26 Å². The Morgan fingerprint density at radius 1 is 1.00 bits per heavy atom. The predicted molar refractivity (Wildman–Crippen MR) is 154 cm³/mol. The third-order valence-corrected chi connectivity index (χ3v) is 7.23. The maximum atomic E-state index is 12.6. The average molecular weight is 801 g/mol. The van der Waals surface area contributed by atoms with Crippen LogP contribution in [0.1, 0.15) is 11.1 Å². The fraction of sp³-hybridized carbons (Fsp3) is 0.0435. The van der Waals surface area contributed by atoms with Gasteiger partial charge in [0.25, 0.3) is 5.91 Å². The smallest absolute Gasteiger partial charge is 0.266 e. The second-order valence-electron chi connectivity index (χ2n) is 6.48. The summed E-state index contributed by atoms with van der Waals surface area (Å²) in [6, 6.07) is 18.6. The van der Waals surface area contributed by atoms with Crippen LogP contribution >= 0.6 is 91.0 Å². The van der Waals surface area contributed by atoms with Gasteiger partial charge in [-0.3, -0.25) is 4.79 Å². The van der Waals surface area contributed by atoms with Crippen LogP contribution in [0, 0.1) is 22.0 Å². The van der Waals surface area contributed by atoms with Gasteiger partial charge in [-0.05, 0) is 127 Å². The molecule has 0 saturated carbocycles. The minimum atomic E-state index is -0.532. The van der Waals surface area contributed by atoms with Crippen molar-refractivity contribution in [3.8, 4) is 11.8 Å². The number of anilines is 1. The lowest BCUT2D eigenvalue weighted by molar-refractivity contribution is -0.112. The van der Waals surface area contributed by atoms with Crippen molar-refractivity contribution >= 4 is 109 Å². The van der Waals surface area contributed by atoms with Crippen molar-refractivity contribution < 1.29 is 9.53 Å². The van der Waals surface area contributed by atoms with E-state index in [4.69, 9.17) is 27.9 Å². The molecule has 0 unspecified atom stereocenters.